The molecular weight excluding hydrogens is 180 g/mol. The molecule has 0 aliphatic rings. The molecule has 0 unspecified atom stereocenters. The van der Waals surface area contributed by atoms with Gasteiger partial charge in [0.25, 0.3) is 0 Å². The Bertz CT molecular complexity index is 262. The smallest absolute Gasteiger partial charge is 0.0276 e. The lowest BCUT2D eigenvalue weighted by Crippen LogP contribution is -2.00. The second-order valence-corrected chi connectivity index (χ2v) is 4.30. The molecule has 0 aliphatic carbocycles. The van der Waals surface area contributed by atoms with Gasteiger partial charge in [0.2, 0.25) is 0 Å². The summed E-state index contributed by atoms with van der Waals surface area (Å²) in [5.41, 5.74) is 4.82. The molecule has 0 spiro atoms. The van der Waals surface area contributed by atoms with Crippen LogP contribution in [0.5, 0.6) is 0 Å². The van der Waals surface area contributed by atoms with Crippen molar-refractivity contribution in [1.29, 1.82) is 0 Å². The lowest BCUT2D eigenvalue weighted by Gasteiger charge is -2.13. The summed E-state index contributed by atoms with van der Waals surface area (Å²) in [6.07, 6.45) is 7.52. The van der Waals surface area contributed by atoms with Gasteiger partial charge in [-0.1, -0.05) is 58.2 Å². The van der Waals surface area contributed by atoms with E-state index in [1.54, 1.807) is 16.7 Å². The maximum Gasteiger partial charge on any atom is -0.0276 e. The Morgan fingerprint density at radius 1 is 0.733 bits per heavy atom. The summed E-state index contributed by atoms with van der Waals surface area (Å²) in [5, 5.41) is 0. The zero-order valence-electron chi connectivity index (χ0n) is 10.5. The van der Waals surface area contributed by atoms with Crippen LogP contribution >= 0.6 is 0 Å². The molecule has 0 atom stereocenters. The van der Waals surface area contributed by atoms with E-state index in [2.05, 4.69) is 39.0 Å². The fourth-order valence-electron chi connectivity index (χ4n) is 2.27. The Hall–Kier alpha value is -0.780. The molecule has 0 bridgehead atoms. The molecule has 0 heteroatoms. The summed E-state index contributed by atoms with van der Waals surface area (Å²) in [7, 11) is 0. The quantitative estimate of drug-likeness (QED) is 0.638. The van der Waals surface area contributed by atoms with E-state index in [9.17, 15) is 0 Å². The SMILES string of the molecule is CCCc1cccc(CCC)c1CCC. The summed E-state index contributed by atoms with van der Waals surface area (Å²) in [6, 6.07) is 6.86. The van der Waals surface area contributed by atoms with E-state index < -0.39 is 0 Å². The van der Waals surface area contributed by atoms with Crippen LogP contribution in [0.25, 0.3) is 0 Å². The molecule has 0 saturated carbocycles. The zero-order chi connectivity index (χ0) is 11.1. The van der Waals surface area contributed by atoms with Gasteiger partial charge in [0, 0.05) is 0 Å². The molecule has 0 nitrogen and oxygen atoms in total. The third-order valence-electron chi connectivity index (χ3n) is 2.91. The summed E-state index contributed by atoms with van der Waals surface area (Å²) in [4.78, 5) is 0. The first-order valence-electron chi connectivity index (χ1n) is 6.43. The Morgan fingerprint density at radius 2 is 1.20 bits per heavy atom. The number of aryl methyl sites for hydroxylation is 2. The first kappa shape index (κ1) is 12.3. The topological polar surface area (TPSA) is 0 Å². The third kappa shape index (κ3) is 3.37. The Labute approximate surface area is 94.7 Å². The lowest BCUT2D eigenvalue weighted by atomic mass is 9.92. The zero-order valence-corrected chi connectivity index (χ0v) is 10.5. The van der Waals surface area contributed by atoms with Crippen molar-refractivity contribution in [2.24, 2.45) is 0 Å². The molecule has 0 fully saturated rings. The maximum absolute atomic E-state index is 2.31. The average Bonchev–Trinajstić information content (AvgIpc) is 2.23. The predicted octanol–water partition coefficient (Wildman–Crippen LogP) is 4.54. The molecule has 1 aromatic carbocycles. The summed E-state index contributed by atoms with van der Waals surface area (Å²) >= 11 is 0. The van der Waals surface area contributed by atoms with Gasteiger partial charge in [-0.3, -0.25) is 0 Å². The minimum absolute atomic E-state index is 1.24. The standard InChI is InChI=1S/C15H24/c1-4-8-13-11-7-12-14(9-5-2)15(13)10-6-3/h7,11-12H,4-6,8-10H2,1-3H3. The van der Waals surface area contributed by atoms with E-state index in [0.717, 1.165) is 0 Å². The van der Waals surface area contributed by atoms with E-state index in [0.29, 0.717) is 0 Å². The molecule has 0 saturated heterocycles. The van der Waals surface area contributed by atoms with Crippen LogP contribution in [0, 0.1) is 0 Å². The van der Waals surface area contributed by atoms with Gasteiger partial charge < -0.3 is 0 Å². The van der Waals surface area contributed by atoms with Crippen LogP contribution in [0.1, 0.15) is 56.7 Å². The number of hydrogen-bond acceptors (Lipinski definition) is 0. The van der Waals surface area contributed by atoms with Crippen LogP contribution in [-0.4, -0.2) is 0 Å². The second-order valence-electron chi connectivity index (χ2n) is 4.30. The van der Waals surface area contributed by atoms with E-state index >= 15 is 0 Å². The molecule has 15 heavy (non-hydrogen) atoms. The van der Waals surface area contributed by atoms with E-state index in [1.165, 1.54) is 38.5 Å². The highest BCUT2D eigenvalue weighted by Crippen LogP contribution is 2.20. The van der Waals surface area contributed by atoms with Crippen molar-refractivity contribution in [1.82, 2.24) is 0 Å². The molecule has 0 amide bonds. The molecule has 0 aromatic heterocycles. The van der Waals surface area contributed by atoms with Gasteiger partial charge >= 0.3 is 0 Å². The van der Waals surface area contributed by atoms with E-state index in [4.69, 9.17) is 0 Å². The molecule has 1 rings (SSSR count). The van der Waals surface area contributed by atoms with Crippen molar-refractivity contribution in [2.45, 2.75) is 59.3 Å². The van der Waals surface area contributed by atoms with Crippen LogP contribution in [0.15, 0.2) is 18.2 Å². The Morgan fingerprint density at radius 3 is 1.60 bits per heavy atom. The van der Waals surface area contributed by atoms with Gasteiger partial charge in [-0.05, 0) is 36.0 Å². The molecular formula is C15H24. The van der Waals surface area contributed by atoms with Crippen LogP contribution in [0.4, 0.5) is 0 Å². The van der Waals surface area contributed by atoms with Crippen LogP contribution in [0.3, 0.4) is 0 Å². The van der Waals surface area contributed by atoms with Crippen molar-refractivity contribution in [2.75, 3.05) is 0 Å². The van der Waals surface area contributed by atoms with E-state index in [-0.39, 0.29) is 0 Å². The molecule has 0 aliphatic heterocycles. The highest BCUT2D eigenvalue weighted by molar-refractivity contribution is 5.35. The number of benzene rings is 1. The van der Waals surface area contributed by atoms with Crippen molar-refractivity contribution in [3.63, 3.8) is 0 Å². The van der Waals surface area contributed by atoms with Gasteiger partial charge in [0.15, 0.2) is 0 Å². The minimum Gasteiger partial charge on any atom is -0.0651 e. The van der Waals surface area contributed by atoms with Crippen molar-refractivity contribution in [3.05, 3.63) is 34.9 Å². The number of hydrogen-bond donors (Lipinski definition) is 0. The van der Waals surface area contributed by atoms with Gasteiger partial charge in [0.05, 0.1) is 0 Å². The van der Waals surface area contributed by atoms with Crippen LogP contribution in [-0.2, 0) is 19.3 Å². The third-order valence-corrected chi connectivity index (χ3v) is 2.91. The second kappa shape index (κ2) is 6.66. The fraction of sp³-hybridized carbons (Fsp3) is 0.600. The van der Waals surface area contributed by atoms with Crippen LogP contribution < -0.4 is 0 Å². The fourth-order valence-corrected chi connectivity index (χ4v) is 2.27. The highest BCUT2D eigenvalue weighted by Gasteiger charge is 2.05. The van der Waals surface area contributed by atoms with Gasteiger partial charge in [0.1, 0.15) is 0 Å². The predicted molar refractivity (Wildman–Crippen MR) is 68.4 cm³/mol. The molecule has 0 N–H and O–H groups in total. The molecule has 0 radical (unpaired) electrons. The lowest BCUT2D eigenvalue weighted by molar-refractivity contribution is 0.825. The van der Waals surface area contributed by atoms with Crippen LogP contribution in [0.2, 0.25) is 0 Å². The molecule has 84 valence electrons. The van der Waals surface area contributed by atoms with E-state index in [1.807, 2.05) is 0 Å². The van der Waals surface area contributed by atoms with Gasteiger partial charge in [-0.25, -0.2) is 0 Å². The van der Waals surface area contributed by atoms with Gasteiger partial charge in [-0.15, -0.1) is 0 Å². The maximum atomic E-state index is 2.31. The van der Waals surface area contributed by atoms with Gasteiger partial charge in [-0.2, -0.15) is 0 Å². The summed E-state index contributed by atoms with van der Waals surface area (Å²) in [6.45, 7) is 6.81. The molecule has 0 heterocycles. The first-order chi connectivity index (χ1) is 7.33. The first-order valence-corrected chi connectivity index (χ1v) is 6.43. The normalized spacial score (nSPS) is 10.6. The monoisotopic (exact) mass is 204 g/mol. The van der Waals surface area contributed by atoms with Crippen molar-refractivity contribution >= 4 is 0 Å². The summed E-state index contributed by atoms with van der Waals surface area (Å²) in [5.74, 6) is 0. The average molecular weight is 204 g/mol. The molecule has 1 aromatic rings. The Balaban J connectivity index is 2.97. The minimum atomic E-state index is 1.24. The summed E-state index contributed by atoms with van der Waals surface area (Å²) < 4.78 is 0. The largest absolute Gasteiger partial charge is 0.0651 e. The van der Waals surface area contributed by atoms with Crippen molar-refractivity contribution < 1.29 is 0 Å². The highest BCUT2D eigenvalue weighted by atomic mass is 14.1. The number of rotatable bonds is 6. The Kier molecular flexibility index (Phi) is 5.45. The van der Waals surface area contributed by atoms with Crippen molar-refractivity contribution in [3.8, 4) is 0 Å².